The smallest absolute Gasteiger partial charge is 0.229 e. The van der Waals surface area contributed by atoms with Gasteiger partial charge in [-0.15, -0.1) is 0 Å². The molecule has 0 aromatic heterocycles. The van der Waals surface area contributed by atoms with Crippen LogP contribution in [0.2, 0.25) is 0 Å². The van der Waals surface area contributed by atoms with Crippen molar-refractivity contribution in [2.24, 2.45) is 11.7 Å². The highest BCUT2D eigenvalue weighted by Crippen LogP contribution is 2.33. The largest absolute Gasteiger partial charge is 0.325 e. The van der Waals surface area contributed by atoms with Gasteiger partial charge in [0.1, 0.15) is 5.82 Å². The number of nitrogens with one attached hydrogen (secondary N) is 2. The van der Waals surface area contributed by atoms with Crippen LogP contribution in [0, 0.1) is 11.7 Å². The Balaban J connectivity index is 1.79. The zero-order valence-corrected chi connectivity index (χ0v) is 13.0. The molecule has 0 bridgehead atoms. The number of amides is 1. The predicted molar refractivity (Wildman–Crippen MR) is 85.0 cm³/mol. The van der Waals surface area contributed by atoms with Crippen LogP contribution in [-0.4, -0.2) is 18.0 Å². The van der Waals surface area contributed by atoms with E-state index in [1.54, 1.807) is 6.07 Å². The minimum absolute atomic E-state index is 0.155. The second-order valence-corrected chi connectivity index (χ2v) is 6.78. The molecule has 1 amide bonds. The summed E-state index contributed by atoms with van der Waals surface area (Å²) in [6.45, 7) is 3.38. The molecule has 0 saturated heterocycles. The molecule has 2 atom stereocenters. The standard InChI is InChI=1S/C17H24FN3O/c1-17(19)8-3-2-4-13(17)16(22)21-14-6-5-11-10-20-9-7-12(11)15(14)18/h5-6,13,20H,2-4,7-10,19H2,1H3,(H,21,22). The molecule has 1 saturated carbocycles. The van der Waals surface area contributed by atoms with Crippen LogP contribution in [0.15, 0.2) is 12.1 Å². The van der Waals surface area contributed by atoms with Gasteiger partial charge in [0.05, 0.1) is 11.6 Å². The Morgan fingerprint density at radius 1 is 1.45 bits per heavy atom. The summed E-state index contributed by atoms with van der Waals surface area (Å²) in [7, 11) is 0. The molecule has 4 N–H and O–H groups in total. The summed E-state index contributed by atoms with van der Waals surface area (Å²) in [5, 5.41) is 5.99. The number of fused-ring (bicyclic) bond motifs is 1. The van der Waals surface area contributed by atoms with E-state index in [1.807, 2.05) is 13.0 Å². The van der Waals surface area contributed by atoms with Crippen LogP contribution in [0.5, 0.6) is 0 Å². The molecule has 1 fully saturated rings. The Kier molecular flexibility index (Phi) is 4.19. The van der Waals surface area contributed by atoms with E-state index in [-0.39, 0.29) is 23.3 Å². The lowest BCUT2D eigenvalue weighted by atomic mass is 9.74. The first-order valence-electron chi connectivity index (χ1n) is 8.10. The van der Waals surface area contributed by atoms with E-state index < -0.39 is 5.54 Å². The fourth-order valence-electron chi connectivity index (χ4n) is 3.64. The van der Waals surface area contributed by atoms with Crippen molar-refractivity contribution >= 4 is 11.6 Å². The summed E-state index contributed by atoms with van der Waals surface area (Å²) in [6.07, 6.45) is 4.32. The summed E-state index contributed by atoms with van der Waals surface area (Å²) in [5.74, 6) is -0.697. The number of carbonyl (C=O) groups excluding carboxylic acids is 1. The molecular weight excluding hydrogens is 281 g/mol. The first-order chi connectivity index (χ1) is 10.5. The van der Waals surface area contributed by atoms with Crippen LogP contribution in [-0.2, 0) is 17.8 Å². The van der Waals surface area contributed by atoms with Crippen molar-refractivity contribution in [2.45, 2.75) is 51.1 Å². The van der Waals surface area contributed by atoms with Crippen molar-refractivity contribution in [2.75, 3.05) is 11.9 Å². The van der Waals surface area contributed by atoms with Gasteiger partial charge in [0.2, 0.25) is 5.91 Å². The highest BCUT2D eigenvalue weighted by atomic mass is 19.1. The number of hydrogen-bond donors (Lipinski definition) is 3. The summed E-state index contributed by atoms with van der Waals surface area (Å²) >= 11 is 0. The second-order valence-electron chi connectivity index (χ2n) is 6.78. The first-order valence-corrected chi connectivity index (χ1v) is 8.10. The molecule has 1 heterocycles. The van der Waals surface area contributed by atoms with Crippen LogP contribution in [0.3, 0.4) is 0 Å². The number of halogens is 1. The number of carbonyl (C=O) groups is 1. The number of anilines is 1. The van der Waals surface area contributed by atoms with Gasteiger partial charge in [0.15, 0.2) is 0 Å². The second kappa shape index (κ2) is 5.97. The minimum Gasteiger partial charge on any atom is -0.325 e. The van der Waals surface area contributed by atoms with E-state index in [1.165, 1.54) is 0 Å². The van der Waals surface area contributed by atoms with Crippen molar-refractivity contribution in [3.05, 3.63) is 29.1 Å². The average molecular weight is 305 g/mol. The molecule has 1 aromatic carbocycles. The maximum Gasteiger partial charge on any atom is 0.229 e. The van der Waals surface area contributed by atoms with Crippen LogP contribution in [0.4, 0.5) is 10.1 Å². The Hall–Kier alpha value is -1.46. The predicted octanol–water partition coefficient (Wildman–Crippen LogP) is 2.32. The van der Waals surface area contributed by atoms with Crippen LogP contribution in [0.1, 0.15) is 43.7 Å². The highest BCUT2D eigenvalue weighted by Gasteiger charge is 2.38. The third kappa shape index (κ3) is 2.88. The first kappa shape index (κ1) is 15.4. The quantitative estimate of drug-likeness (QED) is 0.785. The van der Waals surface area contributed by atoms with Crippen molar-refractivity contribution in [3.63, 3.8) is 0 Å². The topological polar surface area (TPSA) is 67.2 Å². The summed E-state index contributed by atoms with van der Waals surface area (Å²) in [6, 6.07) is 3.55. The van der Waals surface area contributed by atoms with Crippen molar-refractivity contribution in [3.8, 4) is 0 Å². The molecule has 2 unspecified atom stereocenters. The Labute approximate surface area is 130 Å². The van der Waals surface area contributed by atoms with Gasteiger partial charge < -0.3 is 16.4 Å². The van der Waals surface area contributed by atoms with Gasteiger partial charge in [0.25, 0.3) is 0 Å². The monoisotopic (exact) mass is 305 g/mol. The van der Waals surface area contributed by atoms with Gasteiger partial charge in [-0.25, -0.2) is 4.39 Å². The fraction of sp³-hybridized carbons (Fsp3) is 0.588. The van der Waals surface area contributed by atoms with Crippen LogP contribution < -0.4 is 16.4 Å². The SMILES string of the molecule is CC1(N)CCCCC1C(=O)Nc1ccc2c(c1F)CCNC2. The third-order valence-electron chi connectivity index (χ3n) is 5.04. The zero-order chi connectivity index (χ0) is 15.7. The molecular formula is C17H24FN3O. The fourth-order valence-corrected chi connectivity index (χ4v) is 3.64. The normalized spacial score (nSPS) is 28.0. The van der Waals surface area contributed by atoms with Gasteiger partial charge >= 0.3 is 0 Å². The molecule has 0 spiro atoms. The number of rotatable bonds is 2. The van der Waals surface area contributed by atoms with Gasteiger partial charge in [0, 0.05) is 12.1 Å². The Bertz CT molecular complexity index is 586. The molecule has 3 rings (SSSR count). The van der Waals surface area contributed by atoms with E-state index in [4.69, 9.17) is 5.73 Å². The van der Waals surface area contributed by atoms with E-state index in [9.17, 15) is 9.18 Å². The molecule has 2 aliphatic rings. The molecule has 4 nitrogen and oxygen atoms in total. The molecule has 1 aliphatic heterocycles. The number of benzene rings is 1. The number of nitrogens with two attached hydrogens (primary N) is 1. The van der Waals surface area contributed by atoms with Crippen molar-refractivity contribution < 1.29 is 9.18 Å². The van der Waals surface area contributed by atoms with Gasteiger partial charge in [-0.1, -0.05) is 18.9 Å². The van der Waals surface area contributed by atoms with Crippen LogP contribution in [0.25, 0.3) is 0 Å². The molecule has 0 radical (unpaired) electrons. The minimum atomic E-state index is -0.503. The molecule has 22 heavy (non-hydrogen) atoms. The maximum absolute atomic E-state index is 14.6. The molecule has 5 heteroatoms. The highest BCUT2D eigenvalue weighted by molar-refractivity contribution is 5.93. The van der Waals surface area contributed by atoms with E-state index >= 15 is 0 Å². The average Bonchev–Trinajstić information content (AvgIpc) is 2.50. The van der Waals surface area contributed by atoms with E-state index in [0.717, 1.165) is 43.4 Å². The van der Waals surface area contributed by atoms with Crippen LogP contribution >= 0.6 is 0 Å². The molecule has 1 aromatic rings. The lowest BCUT2D eigenvalue weighted by molar-refractivity contribution is -0.122. The lowest BCUT2D eigenvalue weighted by Crippen LogP contribution is -2.51. The van der Waals surface area contributed by atoms with E-state index in [0.29, 0.717) is 13.0 Å². The maximum atomic E-state index is 14.6. The Morgan fingerprint density at radius 2 is 2.27 bits per heavy atom. The number of hydrogen-bond acceptors (Lipinski definition) is 3. The summed E-state index contributed by atoms with van der Waals surface area (Å²) < 4.78 is 14.6. The molecule has 1 aliphatic carbocycles. The lowest BCUT2D eigenvalue weighted by Gasteiger charge is -2.37. The van der Waals surface area contributed by atoms with Gasteiger partial charge in [-0.3, -0.25) is 4.79 Å². The third-order valence-corrected chi connectivity index (χ3v) is 5.04. The summed E-state index contributed by atoms with van der Waals surface area (Å²) in [4.78, 5) is 12.5. The van der Waals surface area contributed by atoms with Gasteiger partial charge in [-0.05, 0) is 49.9 Å². The summed E-state index contributed by atoms with van der Waals surface area (Å²) in [5.41, 5.74) is 7.74. The Morgan fingerprint density at radius 3 is 3.05 bits per heavy atom. The van der Waals surface area contributed by atoms with Crippen molar-refractivity contribution in [1.82, 2.24) is 5.32 Å². The van der Waals surface area contributed by atoms with Crippen molar-refractivity contribution in [1.29, 1.82) is 0 Å². The van der Waals surface area contributed by atoms with E-state index in [2.05, 4.69) is 10.6 Å². The molecule has 120 valence electrons. The zero-order valence-electron chi connectivity index (χ0n) is 13.0. The van der Waals surface area contributed by atoms with Gasteiger partial charge in [-0.2, -0.15) is 0 Å².